The molecule has 1 aliphatic rings. The predicted molar refractivity (Wildman–Crippen MR) is 89.0 cm³/mol. The van der Waals surface area contributed by atoms with Crippen molar-refractivity contribution in [1.29, 1.82) is 0 Å². The minimum Gasteiger partial charge on any atom is -0.322 e. The van der Waals surface area contributed by atoms with Gasteiger partial charge in [-0.3, -0.25) is 4.79 Å². The van der Waals surface area contributed by atoms with Crippen molar-refractivity contribution in [3.8, 4) is 0 Å². The van der Waals surface area contributed by atoms with E-state index in [1.165, 1.54) is 29.2 Å². The maximum atomic E-state index is 12.9. The standard InChI is InChI=1S/C17H22FNOS/c1-5-21-11-14(10-15(21)17(2,3)4)19-16(20)12-6-8-13(18)9-7-12/h6-11,21H,5H2,1-4H3,(H,19,20). The van der Waals surface area contributed by atoms with Crippen LogP contribution in [0.15, 0.2) is 46.4 Å². The Morgan fingerprint density at radius 1 is 1.24 bits per heavy atom. The molecule has 0 spiro atoms. The van der Waals surface area contributed by atoms with Gasteiger partial charge in [-0.15, -0.1) is 0 Å². The zero-order chi connectivity index (χ0) is 15.6. The van der Waals surface area contributed by atoms with E-state index in [0.29, 0.717) is 5.56 Å². The van der Waals surface area contributed by atoms with Gasteiger partial charge in [0.15, 0.2) is 0 Å². The van der Waals surface area contributed by atoms with Gasteiger partial charge in [0.05, 0.1) is 0 Å². The topological polar surface area (TPSA) is 29.1 Å². The number of hydrogen-bond acceptors (Lipinski definition) is 1. The molecule has 0 aliphatic carbocycles. The summed E-state index contributed by atoms with van der Waals surface area (Å²) < 4.78 is 12.9. The predicted octanol–water partition coefficient (Wildman–Crippen LogP) is 4.36. The van der Waals surface area contributed by atoms with Crippen LogP contribution in [0.2, 0.25) is 0 Å². The molecule has 1 heterocycles. The van der Waals surface area contributed by atoms with Crippen LogP contribution in [0.5, 0.6) is 0 Å². The number of rotatable bonds is 3. The number of amides is 1. The fourth-order valence-corrected chi connectivity index (χ4v) is 4.59. The van der Waals surface area contributed by atoms with Gasteiger partial charge in [0.25, 0.3) is 5.91 Å². The van der Waals surface area contributed by atoms with E-state index in [0.717, 1.165) is 11.4 Å². The Balaban J connectivity index is 2.15. The van der Waals surface area contributed by atoms with Gasteiger partial charge < -0.3 is 5.32 Å². The first-order chi connectivity index (χ1) is 9.81. The monoisotopic (exact) mass is 307 g/mol. The maximum Gasteiger partial charge on any atom is 0.255 e. The Labute approximate surface area is 128 Å². The second-order valence-electron chi connectivity index (χ2n) is 6.11. The first-order valence-electron chi connectivity index (χ1n) is 7.09. The molecule has 1 aromatic carbocycles. The molecule has 1 unspecified atom stereocenters. The highest BCUT2D eigenvalue weighted by molar-refractivity contribution is 8.23. The van der Waals surface area contributed by atoms with E-state index in [2.05, 4.69) is 44.5 Å². The van der Waals surface area contributed by atoms with Crippen molar-refractivity contribution in [3.05, 3.63) is 57.7 Å². The van der Waals surface area contributed by atoms with E-state index < -0.39 is 0 Å². The van der Waals surface area contributed by atoms with Crippen molar-refractivity contribution in [1.82, 2.24) is 5.32 Å². The van der Waals surface area contributed by atoms with Crippen LogP contribution in [0, 0.1) is 11.2 Å². The van der Waals surface area contributed by atoms with E-state index in [-0.39, 0.29) is 28.0 Å². The van der Waals surface area contributed by atoms with E-state index in [4.69, 9.17) is 0 Å². The van der Waals surface area contributed by atoms with Crippen LogP contribution in [-0.2, 0) is 0 Å². The average molecular weight is 307 g/mol. The van der Waals surface area contributed by atoms with Crippen LogP contribution in [0.1, 0.15) is 38.1 Å². The first-order valence-corrected chi connectivity index (χ1v) is 8.68. The molecule has 1 aromatic rings. The van der Waals surface area contributed by atoms with Crippen molar-refractivity contribution < 1.29 is 9.18 Å². The van der Waals surface area contributed by atoms with Crippen molar-refractivity contribution in [2.24, 2.45) is 5.41 Å². The Kier molecular flexibility index (Phi) is 4.57. The van der Waals surface area contributed by atoms with Crippen molar-refractivity contribution in [3.63, 3.8) is 0 Å². The van der Waals surface area contributed by atoms with Gasteiger partial charge >= 0.3 is 0 Å². The summed E-state index contributed by atoms with van der Waals surface area (Å²) in [4.78, 5) is 13.6. The van der Waals surface area contributed by atoms with Crippen LogP contribution in [-0.4, -0.2) is 11.7 Å². The molecule has 21 heavy (non-hydrogen) atoms. The molecule has 1 amide bonds. The van der Waals surface area contributed by atoms with Crippen molar-refractivity contribution in [2.75, 3.05) is 5.75 Å². The summed E-state index contributed by atoms with van der Waals surface area (Å²) >= 11 is 0. The third-order valence-corrected chi connectivity index (χ3v) is 6.06. The maximum absolute atomic E-state index is 12.9. The van der Waals surface area contributed by atoms with Gasteiger partial charge in [-0.2, -0.15) is 0 Å². The van der Waals surface area contributed by atoms with Crippen molar-refractivity contribution >= 4 is 16.8 Å². The molecule has 2 rings (SSSR count). The minimum atomic E-state index is -0.337. The van der Waals surface area contributed by atoms with E-state index in [9.17, 15) is 9.18 Å². The van der Waals surface area contributed by atoms with E-state index >= 15 is 0 Å². The normalized spacial score (nSPS) is 20.0. The SMILES string of the molecule is CC[SH]1C=C(NC(=O)c2ccc(F)cc2)C=C1C(C)(C)C. The molecule has 0 bridgehead atoms. The van der Waals surface area contributed by atoms with Crippen LogP contribution in [0.25, 0.3) is 0 Å². The molecule has 0 saturated carbocycles. The summed E-state index contributed by atoms with van der Waals surface area (Å²) in [6, 6.07) is 5.59. The zero-order valence-electron chi connectivity index (χ0n) is 12.9. The Bertz CT molecular complexity index is 596. The molecule has 0 saturated heterocycles. The molecule has 1 N–H and O–H groups in total. The Morgan fingerprint density at radius 2 is 1.86 bits per heavy atom. The van der Waals surface area contributed by atoms with Gasteiger partial charge in [0, 0.05) is 11.3 Å². The smallest absolute Gasteiger partial charge is 0.255 e. The fourth-order valence-electron chi connectivity index (χ4n) is 2.29. The first kappa shape index (κ1) is 15.8. The number of benzene rings is 1. The second-order valence-corrected chi connectivity index (χ2v) is 8.42. The summed E-state index contributed by atoms with van der Waals surface area (Å²) in [6.45, 7) is 8.76. The van der Waals surface area contributed by atoms with Gasteiger partial charge in [0.2, 0.25) is 0 Å². The molecule has 114 valence electrons. The van der Waals surface area contributed by atoms with Crippen LogP contribution in [0.3, 0.4) is 0 Å². The quantitative estimate of drug-likeness (QED) is 0.798. The van der Waals surface area contributed by atoms with Gasteiger partial charge in [-0.25, -0.2) is 15.3 Å². The lowest BCUT2D eigenvalue weighted by Gasteiger charge is -2.27. The van der Waals surface area contributed by atoms with Crippen LogP contribution >= 0.6 is 10.9 Å². The molecule has 1 aliphatic heterocycles. The third kappa shape index (κ3) is 3.76. The summed E-state index contributed by atoms with van der Waals surface area (Å²) in [5.41, 5.74) is 1.44. The average Bonchev–Trinajstić information content (AvgIpc) is 2.82. The summed E-state index contributed by atoms with van der Waals surface area (Å²) in [7, 11) is -0.314. The second kappa shape index (κ2) is 6.06. The highest BCUT2D eigenvalue weighted by atomic mass is 32.2. The van der Waals surface area contributed by atoms with Gasteiger partial charge in [-0.05, 0) is 51.8 Å². The zero-order valence-corrected chi connectivity index (χ0v) is 13.8. The number of thiol groups is 1. The number of carbonyl (C=O) groups is 1. The number of allylic oxidation sites excluding steroid dienone is 2. The molecule has 1 atom stereocenters. The minimum absolute atomic E-state index is 0.112. The molecular weight excluding hydrogens is 285 g/mol. The van der Waals surface area contributed by atoms with Crippen LogP contribution < -0.4 is 5.32 Å². The lowest BCUT2D eigenvalue weighted by molar-refractivity contribution is 0.0967. The summed E-state index contributed by atoms with van der Waals surface area (Å²) in [6.07, 6.45) is 2.09. The van der Waals surface area contributed by atoms with Crippen molar-refractivity contribution in [2.45, 2.75) is 27.7 Å². The fraction of sp³-hybridized carbons (Fsp3) is 0.353. The lowest BCUT2D eigenvalue weighted by Crippen LogP contribution is -2.21. The lowest BCUT2D eigenvalue weighted by atomic mass is 9.95. The highest BCUT2D eigenvalue weighted by Crippen LogP contribution is 2.51. The number of carbonyl (C=O) groups excluding carboxylic acids is 1. The molecule has 2 nitrogen and oxygen atoms in total. The van der Waals surface area contributed by atoms with Gasteiger partial charge in [-0.1, -0.05) is 27.7 Å². The number of nitrogens with one attached hydrogen (secondary N) is 1. The van der Waals surface area contributed by atoms with Crippen LogP contribution in [0.4, 0.5) is 4.39 Å². The molecule has 0 radical (unpaired) electrons. The molecule has 4 heteroatoms. The van der Waals surface area contributed by atoms with E-state index in [1.807, 2.05) is 0 Å². The summed E-state index contributed by atoms with van der Waals surface area (Å²) in [5.74, 6) is 0.545. The third-order valence-electron chi connectivity index (χ3n) is 3.37. The largest absolute Gasteiger partial charge is 0.322 e. The molecule has 0 fully saturated rings. The highest BCUT2D eigenvalue weighted by Gasteiger charge is 2.25. The molecular formula is C17H22FNOS. The summed E-state index contributed by atoms with van der Waals surface area (Å²) in [5, 5.41) is 5.08. The van der Waals surface area contributed by atoms with E-state index in [1.54, 1.807) is 0 Å². The van der Waals surface area contributed by atoms with Gasteiger partial charge in [0.1, 0.15) is 5.82 Å². The Hall–Kier alpha value is -1.55. The number of halogens is 1. The molecule has 0 aromatic heterocycles. The number of hydrogen-bond donors (Lipinski definition) is 2. The Morgan fingerprint density at radius 3 is 2.33 bits per heavy atom.